The Morgan fingerprint density at radius 2 is 1.92 bits per heavy atom. The topological polar surface area (TPSA) is 95.5 Å². The highest BCUT2D eigenvalue weighted by molar-refractivity contribution is 7.89. The van der Waals surface area contributed by atoms with Crippen LogP contribution in [0.25, 0.3) is 0 Å². The van der Waals surface area contributed by atoms with Crippen LogP contribution >= 0.6 is 0 Å². The third-order valence-corrected chi connectivity index (χ3v) is 5.44. The molecule has 0 fully saturated rings. The number of carbonyl (C=O) groups excluding carboxylic acids is 1. The molecule has 2 aromatic carbocycles. The van der Waals surface area contributed by atoms with Gasteiger partial charge < -0.3 is 10.4 Å². The molecule has 0 saturated carbocycles. The van der Waals surface area contributed by atoms with E-state index in [0.717, 1.165) is 0 Å². The molecule has 8 heteroatoms. The molecule has 1 aliphatic rings. The van der Waals surface area contributed by atoms with E-state index in [1.54, 1.807) is 6.07 Å². The van der Waals surface area contributed by atoms with Gasteiger partial charge in [0.15, 0.2) is 0 Å². The fourth-order valence-corrected chi connectivity index (χ4v) is 3.74. The summed E-state index contributed by atoms with van der Waals surface area (Å²) in [5.41, 5.74) is 1.78. The van der Waals surface area contributed by atoms with Crippen LogP contribution in [0.3, 0.4) is 0 Å². The second-order valence-electron chi connectivity index (χ2n) is 5.80. The molecule has 0 bridgehead atoms. The number of aliphatic hydroxyl groups excluding tert-OH is 1. The first-order valence-corrected chi connectivity index (χ1v) is 9.19. The molecule has 2 aromatic rings. The van der Waals surface area contributed by atoms with Crippen LogP contribution in [0.1, 0.15) is 23.7 Å². The number of amides is 1. The zero-order valence-corrected chi connectivity index (χ0v) is 14.0. The van der Waals surface area contributed by atoms with Crippen molar-refractivity contribution in [2.24, 2.45) is 0 Å². The molecule has 1 unspecified atom stereocenters. The summed E-state index contributed by atoms with van der Waals surface area (Å²) in [5.74, 6) is -0.568. The van der Waals surface area contributed by atoms with Crippen molar-refractivity contribution in [3.8, 4) is 0 Å². The van der Waals surface area contributed by atoms with Gasteiger partial charge >= 0.3 is 0 Å². The van der Waals surface area contributed by atoms with Crippen LogP contribution in [0, 0.1) is 5.82 Å². The van der Waals surface area contributed by atoms with E-state index in [4.69, 9.17) is 0 Å². The Morgan fingerprint density at radius 3 is 2.64 bits per heavy atom. The number of rotatable bonds is 6. The first-order chi connectivity index (χ1) is 11.8. The Bertz CT molecular complexity index is 897. The Labute approximate surface area is 144 Å². The van der Waals surface area contributed by atoms with Gasteiger partial charge in [-0.15, -0.1) is 0 Å². The zero-order valence-electron chi connectivity index (χ0n) is 13.2. The number of benzene rings is 2. The van der Waals surface area contributed by atoms with Gasteiger partial charge in [0, 0.05) is 12.2 Å². The second-order valence-corrected chi connectivity index (χ2v) is 7.56. The largest absolute Gasteiger partial charge is 0.388 e. The SMILES string of the molecule is O=C1Cc2cc(S(=O)(=O)NCCC(O)c3ccc(F)cc3)ccc2N1. The van der Waals surface area contributed by atoms with Crippen molar-refractivity contribution in [1.29, 1.82) is 0 Å². The van der Waals surface area contributed by atoms with Gasteiger partial charge in [0.2, 0.25) is 15.9 Å². The summed E-state index contributed by atoms with van der Waals surface area (Å²) in [6.45, 7) is 0.0230. The second kappa shape index (κ2) is 6.91. The third-order valence-electron chi connectivity index (χ3n) is 3.98. The van der Waals surface area contributed by atoms with Gasteiger partial charge in [-0.3, -0.25) is 4.79 Å². The lowest BCUT2D eigenvalue weighted by Gasteiger charge is -2.12. The van der Waals surface area contributed by atoms with E-state index in [-0.39, 0.29) is 30.2 Å². The van der Waals surface area contributed by atoms with E-state index in [1.807, 2.05) is 0 Å². The zero-order chi connectivity index (χ0) is 18.0. The number of anilines is 1. The lowest BCUT2D eigenvalue weighted by molar-refractivity contribution is -0.115. The molecular weight excluding hydrogens is 347 g/mol. The highest BCUT2D eigenvalue weighted by Gasteiger charge is 2.21. The third kappa shape index (κ3) is 4.04. The van der Waals surface area contributed by atoms with Crippen molar-refractivity contribution in [3.63, 3.8) is 0 Å². The molecule has 6 nitrogen and oxygen atoms in total. The Kier molecular flexibility index (Phi) is 4.85. The summed E-state index contributed by atoms with van der Waals surface area (Å²) in [6.07, 6.45) is -0.595. The van der Waals surface area contributed by atoms with Gasteiger partial charge in [0.1, 0.15) is 5.82 Å². The number of nitrogens with one attached hydrogen (secondary N) is 2. The van der Waals surface area contributed by atoms with E-state index in [1.165, 1.54) is 36.4 Å². The van der Waals surface area contributed by atoms with Gasteiger partial charge in [0.25, 0.3) is 0 Å². The summed E-state index contributed by atoms with van der Waals surface area (Å²) >= 11 is 0. The molecule has 132 valence electrons. The number of hydrogen-bond donors (Lipinski definition) is 3. The lowest BCUT2D eigenvalue weighted by Crippen LogP contribution is -2.26. The van der Waals surface area contributed by atoms with Crippen molar-refractivity contribution >= 4 is 21.6 Å². The molecule has 0 spiro atoms. The number of sulfonamides is 1. The molecule has 0 aromatic heterocycles. The first kappa shape index (κ1) is 17.5. The monoisotopic (exact) mass is 364 g/mol. The smallest absolute Gasteiger partial charge is 0.240 e. The van der Waals surface area contributed by atoms with Crippen molar-refractivity contribution in [2.75, 3.05) is 11.9 Å². The van der Waals surface area contributed by atoms with E-state index in [0.29, 0.717) is 16.8 Å². The summed E-state index contributed by atoms with van der Waals surface area (Å²) < 4.78 is 39.9. The number of aliphatic hydroxyl groups is 1. The van der Waals surface area contributed by atoms with Gasteiger partial charge in [-0.2, -0.15) is 0 Å². The van der Waals surface area contributed by atoms with Gasteiger partial charge in [0.05, 0.1) is 17.4 Å². The molecule has 1 amide bonds. The molecule has 1 heterocycles. The maximum atomic E-state index is 12.9. The van der Waals surface area contributed by atoms with Gasteiger partial charge in [-0.05, 0) is 47.9 Å². The molecule has 1 aliphatic heterocycles. The van der Waals surface area contributed by atoms with Gasteiger partial charge in [-0.1, -0.05) is 12.1 Å². The van der Waals surface area contributed by atoms with E-state index >= 15 is 0 Å². The predicted octanol–water partition coefficient (Wildman–Crippen LogP) is 1.72. The van der Waals surface area contributed by atoms with Crippen LogP contribution in [0.15, 0.2) is 47.4 Å². The van der Waals surface area contributed by atoms with Crippen LogP contribution < -0.4 is 10.0 Å². The Hall–Kier alpha value is -2.29. The summed E-state index contributed by atoms with van der Waals surface area (Å²) in [5, 5.41) is 12.7. The predicted molar refractivity (Wildman–Crippen MR) is 89.9 cm³/mol. The normalized spacial score (nSPS) is 14.9. The summed E-state index contributed by atoms with van der Waals surface area (Å²) in [6, 6.07) is 9.83. The molecule has 0 saturated heterocycles. The van der Waals surface area contributed by atoms with Gasteiger partial charge in [-0.25, -0.2) is 17.5 Å². The first-order valence-electron chi connectivity index (χ1n) is 7.71. The number of fused-ring (bicyclic) bond motifs is 1. The van der Waals surface area contributed by atoms with Crippen LogP contribution in [0.2, 0.25) is 0 Å². The number of carbonyl (C=O) groups is 1. The molecular formula is C17H17FN2O4S. The highest BCUT2D eigenvalue weighted by atomic mass is 32.2. The van der Waals surface area contributed by atoms with Crippen molar-refractivity contribution in [1.82, 2.24) is 4.72 Å². The van der Waals surface area contributed by atoms with Crippen LogP contribution in [-0.2, 0) is 21.2 Å². The fraction of sp³-hybridized carbons (Fsp3) is 0.235. The number of halogens is 1. The molecule has 3 rings (SSSR count). The summed E-state index contributed by atoms with van der Waals surface area (Å²) in [7, 11) is -3.74. The van der Waals surface area contributed by atoms with Crippen LogP contribution in [-0.4, -0.2) is 26.0 Å². The molecule has 0 aliphatic carbocycles. The maximum Gasteiger partial charge on any atom is 0.240 e. The highest BCUT2D eigenvalue weighted by Crippen LogP contribution is 2.25. The van der Waals surface area contributed by atoms with E-state index in [9.17, 15) is 22.7 Å². The minimum atomic E-state index is -3.74. The lowest BCUT2D eigenvalue weighted by atomic mass is 10.1. The van der Waals surface area contributed by atoms with E-state index in [2.05, 4.69) is 10.0 Å². The Morgan fingerprint density at radius 1 is 1.20 bits per heavy atom. The molecule has 1 atom stereocenters. The van der Waals surface area contributed by atoms with Crippen LogP contribution in [0.5, 0.6) is 0 Å². The average Bonchev–Trinajstić information content (AvgIpc) is 2.94. The minimum Gasteiger partial charge on any atom is -0.388 e. The van der Waals surface area contributed by atoms with Crippen LogP contribution in [0.4, 0.5) is 10.1 Å². The average molecular weight is 364 g/mol. The maximum absolute atomic E-state index is 12.9. The molecule has 3 N–H and O–H groups in total. The minimum absolute atomic E-state index is 0.0230. The number of hydrogen-bond acceptors (Lipinski definition) is 4. The standard InChI is InChI=1S/C17H17FN2O4S/c18-13-3-1-11(2-4-13)16(21)7-8-19-25(23,24)14-5-6-15-12(9-14)10-17(22)20-15/h1-6,9,16,19,21H,7-8,10H2,(H,20,22). The molecule has 25 heavy (non-hydrogen) atoms. The fourth-order valence-electron chi connectivity index (χ4n) is 2.64. The summed E-state index contributed by atoms with van der Waals surface area (Å²) in [4.78, 5) is 11.4. The Balaban J connectivity index is 1.61. The van der Waals surface area contributed by atoms with Crippen molar-refractivity contribution in [3.05, 3.63) is 59.4 Å². The molecule has 0 radical (unpaired) electrons. The quantitative estimate of drug-likeness (QED) is 0.727. The van der Waals surface area contributed by atoms with Crippen molar-refractivity contribution in [2.45, 2.75) is 23.8 Å². The van der Waals surface area contributed by atoms with E-state index < -0.39 is 21.9 Å². The van der Waals surface area contributed by atoms with Crippen molar-refractivity contribution < 1.29 is 22.7 Å².